The van der Waals surface area contributed by atoms with Crippen molar-refractivity contribution in [3.8, 4) is 5.75 Å². The number of benzene rings is 2. The van der Waals surface area contributed by atoms with Crippen molar-refractivity contribution < 1.29 is 19.1 Å². The first kappa shape index (κ1) is 24.0. The van der Waals surface area contributed by atoms with Gasteiger partial charge >= 0.3 is 5.97 Å². The Bertz CT molecular complexity index is 1070. The molecule has 2 aliphatic heterocycles. The van der Waals surface area contributed by atoms with E-state index in [2.05, 4.69) is 24.0 Å². The zero-order chi connectivity index (χ0) is 24.1. The number of hydrazone groups is 1. The number of methoxy groups -OCH3 is 1. The summed E-state index contributed by atoms with van der Waals surface area (Å²) in [5.41, 5.74) is 4.07. The van der Waals surface area contributed by atoms with Crippen LogP contribution in [0.15, 0.2) is 53.6 Å². The minimum Gasteiger partial charge on any atom is -0.497 e. The summed E-state index contributed by atoms with van der Waals surface area (Å²) >= 11 is 0. The van der Waals surface area contributed by atoms with Crippen molar-refractivity contribution in [2.45, 2.75) is 39.2 Å². The maximum atomic E-state index is 13.5. The van der Waals surface area contributed by atoms with Crippen LogP contribution in [0.3, 0.4) is 0 Å². The molecule has 34 heavy (non-hydrogen) atoms. The van der Waals surface area contributed by atoms with Crippen LogP contribution in [0.25, 0.3) is 0 Å². The van der Waals surface area contributed by atoms with E-state index >= 15 is 0 Å². The lowest BCUT2D eigenvalue weighted by Gasteiger charge is -2.32. The first-order valence-electron chi connectivity index (χ1n) is 12.0. The maximum absolute atomic E-state index is 13.5. The number of esters is 1. The molecule has 7 nitrogen and oxygen atoms in total. The predicted molar refractivity (Wildman–Crippen MR) is 131 cm³/mol. The van der Waals surface area contributed by atoms with E-state index in [1.807, 2.05) is 43.3 Å². The number of rotatable bonds is 7. The normalized spacial score (nSPS) is 20.7. The molecule has 2 aliphatic rings. The highest BCUT2D eigenvalue weighted by Gasteiger charge is 2.35. The summed E-state index contributed by atoms with van der Waals surface area (Å²) in [6.07, 6.45) is 2.30. The largest absolute Gasteiger partial charge is 0.497 e. The molecule has 0 bridgehead atoms. The molecule has 2 heterocycles. The summed E-state index contributed by atoms with van der Waals surface area (Å²) < 4.78 is 10.6. The number of piperidine rings is 1. The van der Waals surface area contributed by atoms with E-state index in [0.717, 1.165) is 47.5 Å². The van der Waals surface area contributed by atoms with Crippen LogP contribution in [0.4, 0.5) is 0 Å². The molecule has 0 N–H and O–H groups in total. The second kappa shape index (κ2) is 10.8. The summed E-state index contributed by atoms with van der Waals surface area (Å²) in [4.78, 5) is 27.8. The Morgan fingerprint density at radius 1 is 1.15 bits per heavy atom. The number of aryl methyl sites for hydroxylation is 1. The van der Waals surface area contributed by atoms with Crippen molar-refractivity contribution in [1.29, 1.82) is 0 Å². The van der Waals surface area contributed by atoms with E-state index in [1.54, 1.807) is 12.1 Å². The molecule has 2 unspecified atom stereocenters. The number of nitrogens with zero attached hydrogens (tertiary/aromatic N) is 3. The summed E-state index contributed by atoms with van der Waals surface area (Å²) in [5.74, 6) is 0.331. The van der Waals surface area contributed by atoms with Crippen LogP contribution in [-0.2, 0) is 14.3 Å². The monoisotopic (exact) mass is 463 g/mol. The number of amides is 1. The molecule has 0 radical (unpaired) electrons. The van der Waals surface area contributed by atoms with Gasteiger partial charge in [-0.3, -0.25) is 14.5 Å². The zero-order valence-corrected chi connectivity index (χ0v) is 20.2. The Morgan fingerprint density at radius 2 is 1.97 bits per heavy atom. The fourth-order valence-corrected chi connectivity index (χ4v) is 4.76. The molecule has 0 aliphatic carbocycles. The van der Waals surface area contributed by atoms with E-state index in [9.17, 15) is 9.59 Å². The Hall–Kier alpha value is -3.19. The van der Waals surface area contributed by atoms with Gasteiger partial charge in [0, 0.05) is 13.0 Å². The van der Waals surface area contributed by atoms with Crippen LogP contribution in [0, 0.1) is 12.8 Å². The van der Waals surface area contributed by atoms with Gasteiger partial charge in [0.2, 0.25) is 0 Å². The zero-order valence-electron chi connectivity index (χ0n) is 20.2. The van der Waals surface area contributed by atoms with Crippen molar-refractivity contribution in [3.63, 3.8) is 0 Å². The quantitative estimate of drug-likeness (QED) is 0.582. The third-order valence-corrected chi connectivity index (χ3v) is 6.48. The van der Waals surface area contributed by atoms with Crippen LogP contribution in [0.5, 0.6) is 5.75 Å². The van der Waals surface area contributed by atoms with Gasteiger partial charge in [-0.25, -0.2) is 5.01 Å². The molecule has 2 aromatic rings. The fraction of sp³-hybridized carbons (Fsp3) is 0.444. The molecule has 1 amide bonds. The third kappa shape index (κ3) is 5.47. The smallest absolute Gasteiger partial charge is 0.310 e. The number of hydrogen-bond donors (Lipinski definition) is 0. The average Bonchev–Trinajstić information content (AvgIpc) is 3.30. The van der Waals surface area contributed by atoms with Gasteiger partial charge in [0.1, 0.15) is 5.75 Å². The van der Waals surface area contributed by atoms with Crippen LogP contribution >= 0.6 is 0 Å². The van der Waals surface area contributed by atoms with Crippen molar-refractivity contribution in [1.82, 2.24) is 9.91 Å². The van der Waals surface area contributed by atoms with Gasteiger partial charge in [0.05, 0.1) is 37.9 Å². The Labute approximate surface area is 201 Å². The van der Waals surface area contributed by atoms with Crippen LogP contribution in [0.1, 0.15) is 48.9 Å². The third-order valence-electron chi connectivity index (χ3n) is 6.48. The van der Waals surface area contributed by atoms with Crippen molar-refractivity contribution >= 4 is 17.6 Å². The van der Waals surface area contributed by atoms with Gasteiger partial charge in [0.15, 0.2) is 0 Å². The number of carbonyl (C=O) groups excluding carboxylic acids is 2. The lowest BCUT2D eigenvalue weighted by Crippen LogP contribution is -2.44. The molecule has 7 heteroatoms. The topological polar surface area (TPSA) is 71.4 Å². The second-order valence-corrected chi connectivity index (χ2v) is 8.98. The first-order chi connectivity index (χ1) is 16.5. The summed E-state index contributed by atoms with van der Waals surface area (Å²) in [7, 11) is 1.64. The molecule has 0 aromatic heterocycles. The van der Waals surface area contributed by atoms with Gasteiger partial charge in [-0.1, -0.05) is 42.0 Å². The van der Waals surface area contributed by atoms with Crippen molar-refractivity contribution in [2.75, 3.05) is 33.4 Å². The Kier molecular flexibility index (Phi) is 7.63. The van der Waals surface area contributed by atoms with Gasteiger partial charge in [0.25, 0.3) is 5.91 Å². The molecule has 0 spiro atoms. The van der Waals surface area contributed by atoms with Gasteiger partial charge in [-0.15, -0.1) is 0 Å². The van der Waals surface area contributed by atoms with E-state index in [0.29, 0.717) is 19.6 Å². The molecule has 0 saturated carbocycles. The number of ether oxygens (including phenoxy) is 2. The minimum absolute atomic E-state index is 0.0695. The summed E-state index contributed by atoms with van der Waals surface area (Å²) in [6.45, 7) is 5.79. The molecule has 4 rings (SSSR count). The highest BCUT2D eigenvalue weighted by Crippen LogP contribution is 2.34. The standard InChI is InChI=1S/C27H33N3O4/c1-4-34-27(32)22-11-7-13-29(17-22)18-26(31)30-25(21-10-6-12-23(15-21)33-3)16-24(28-30)20-9-5-8-19(2)14-20/h5-6,8-10,12,14-15,22,25H,4,7,11,13,16-18H2,1-3H3. The molecule has 1 saturated heterocycles. The highest BCUT2D eigenvalue weighted by atomic mass is 16.5. The molecule has 1 fully saturated rings. The molecular weight excluding hydrogens is 430 g/mol. The summed E-state index contributed by atoms with van der Waals surface area (Å²) in [6, 6.07) is 15.8. The van der Waals surface area contributed by atoms with Crippen LogP contribution in [-0.4, -0.2) is 60.8 Å². The van der Waals surface area contributed by atoms with E-state index in [-0.39, 0.29) is 30.4 Å². The first-order valence-corrected chi connectivity index (χ1v) is 12.0. The Morgan fingerprint density at radius 3 is 2.74 bits per heavy atom. The number of likely N-dealkylation sites (tertiary alicyclic amines) is 1. The predicted octanol–water partition coefficient (Wildman–Crippen LogP) is 3.96. The Balaban J connectivity index is 1.56. The van der Waals surface area contributed by atoms with E-state index in [4.69, 9.17) is 14.6 Å². The SMILES string of the molecule is CCOC(=O)C1CCCN(CC(=O)N2N=C(c3cccc(C)c3)CC2c2cccc(OC)c2)C1. The fourth-order valence-electron chi connectivity index (χ4n) is 4.76. The van der Waals surface area contributed by atoms with Gasteiger partial charge < -0.3 is 9.47 Å². The summed E-state index contributed by atoms with van der Waals surface area (Å²) in [5, 5.41) is 6.43. The minimum atomic E-state index is -0.205. The van der Waals surface area contributed by atoms with Gasteiger partial charge in [-0.05, 0) is 56.5 Å². The molecule has 2 atom stereocenters. The number of hydrogen-bond acceptors (Lipinski definition) is 6. The maximum Gasteiger partial charge on any atom is 0.310 e. The van der Waals surface area contributed by atoms with Crippen LogP contribution < -0.4 is 4.74 Å². The molecular formula is C27H33N3O4. The van der Waals surface area contributed by atoms with Crippen molar-refractivity contribution in [2.24, 2.45) is 11.0 Å². The van der Waals surface area contributed by atoms with Gasteiger partial charge in [-0.2, -0.15) is 5.10 Å². The lowest BCUT2D eigenvalue weighted by atomic mass is 9.97. The van der Waals surface area contributed by atoms with E-state index in [1.165, 1.54) is 0 Å². The number of carbonyl (C=O) groups is 2. The molecule has 180 valence electrons. The van der Waals surface area contributed by atoms with E-state index < -0.39 is 0 Å². The highest BCUT2D eigenvalue weighted by molar-refractivity contribution is 6.03. The lowest BCUT2D eigenvalue weighted by molar-refractivity contribution is -0.150. The van der Waals surface area contributed by atoms with Crippen LogP contribution in [0.2, 0.25) is 0 Å². The average molecular weight is 464 g/mol. The van der Waals surface area contributed by atoms with Crippen molar-refractivity contribution in [3.05, 3.63) is 65.2 Å². The second-order valence-electron chi connectivity index (χ2n) is 8.98. The molecule has 2 aromatic carbocycles.